The largest absolute Gasteiger partial charge is 0.368 e. The van der Waals surface area contributed by atoms with Crippen molar-refractivity contribution in [2.45, 2.75) is 4.90 Å². The quantitative estimate of drug-likeness (QED) is 0.573. The summed E-state index contributed by atoms with van der Waals surface area (Å²) in [5, 5.41) is 0. The van der Waals surface area contributed by atoms with Crippen LogP contribution in [-0.2, 0) is 10.1 Å². The molecule has 0 amide bonds. The molecule has 0 saturated heterocycles. The zero-order valence-corrected chi connectivity index (χ0v) is 9.82. The summed E-state index contributed by atoms with van der Waals surface area (Å²) < 4.78 is 29.2. The number of aromatic nitrogens is 4. The van der Waals surface area contributed by atoms with Crippen molar-refractivity contribution in [1.82, 2.24) is 19.9 Å². The van der Waals surface area contributed by atoms with Crippen LogP contribution in [0.15, 0.2) is 35.7 Å². The molecule has 2 heterocycles. The molecule has 2 rings (SSSR count). The molecule has 0 bridgehead atoms. The maximum atomic E-state index is 10.4. The second-order valence-corrected chi connectivity index (χ2v) is 4.28. The number of hydrogen-bond donors (Lipinski definition) is 3. The van der Waals surface area contributed by atoms with Crippen molar-refractivity contribution in [2.24, 2.45) is 0 Å². The van der Waals surface area contributed by atoms with Gasteiger partial charge in [-0.1, -0.05) is 0 Å². The maximum Gasteiger partial charge on any atom is 0.297 e. The van der Waals surface area contributed by atoms with Gasteiger partial charge in [-0.15, -0.1) is 0 Å². The third-order valence-corrected chi connectivity index (χ3v) is 2.34. The smallest absolute Gasteiger partial charge is 0.297 e. The molecule has 9 nitrogen and oxygen atoms in total. The van der Waals surface area contributed by atoms with Gasteiger partial charge in [0.05, 0.1) is 12.4 Å². The number of nitrogens with two attached hydrogens (primary N) is 2. The van der Waals surface area contributed by atoms with E-state index in [0.717, 1.165) is 12.4 Å². The van der Waals surface area contributed by atoms with Gasteiger partial charge in [0.15, 0.2) is 0 Å². The molecule has 0 fully saturated rings. The average Bonchev–Trinajstić information content (AvgIpc) is 2.30. The van der Waals surface area contributed by atoms with E-state index in [9.17, 15) is 8.42 Å². The fourth-order valence-electron chi connectivity index (χ4n) is 0.770. The first-order valence-corrected chi connectivity index (χ1v) is 5.91. The minimum Gasteiger partial charge on any atom is -0.368 e. The van der Waals surface area contributed by atoms with Crippen molar-refractivity contribution >= 4 is 22.0 Å². The molecule has 0 aliphatic carbocycles. The van der Waals surface area contributed by atoms with Gasteiger partial charge in [0, 0.05) is 12.4 Å². The molecular formula is C8H10N6O3S. The fourth-order valence-corrected chi connectivity index (χ4v) is 1.14. The van der Waals surface area contributed by atoms with Crippen LogP contribution in [0, 0.1) is 0 Å². The van der Waals surface area contributed by atoms with E-state index in [4.69, 9.17) is 16.0 Å². The van der Waals surface area contributed by atoms with Crippen LogP contribution in [0.3, 0.4) is 0 Å². The molecule has 96 valence electrons. The molecule has 0 saturated carbocycles. The first-order valence-electron chi connectivity index (χ1n) is 4.47. The normalized spacial score (nSPS) is 10.3. The maximum absolute atomic E-state index is 10.4. The highest BCUT2D eigenvalue weighted by atomic mass is 32.2. The van der Waals surface area contributed by atoms with Gasteiger partial charge >= 0.3 is 0 Å². The number of hydrogen-bond acceptors (Lipinski definition) is 8. The van der Waals surface area contributed by atoms with Crippen molar-refractivity contribution in [2.75, 3.05) is 11.5 Å². The Balaban J connectivity index is 0.000000199. The topological polar surface area (TPSA) is 158 Å². The Morgan fingerprint density at radius 3 is 1.72 bits per heavy atom. The Bertz CT molecular complexity index is 586. The molecule has 0 spiro atoms. The lowest BCUT2D eigenvalue weighted by molar-refractivity contribution is 0.482. The second kappa shape index (κ2) is 5.84. The van der Waals surface area contributed by atoms with Gasteiger partial charge in [0.25, 0.3) is 10.1 Å². The summed E-state index contributed by atoms with van der Waals surface area (Å²) in [5.74, 6) is 0.278. The highest BCUT2D eigenvalue weighted by Crippen LogP contribution is 2.03. The number of anilines is 2. The lowest BCUT2D eigenvalue weighted by Crippen LogP contribution is -2.01. The van der Waals surface area contributed by atoms with Gasteiger partial charge in [-0.2, -0.15) is 8.42 Å². The lowest BCUT2D eigenvalue weighted by atomic mass is 10.7. The van der Waals surface area contributed by atoms with Crippen molar-refractivity contribution < 1.29 is 13.0 Å². The van der Waals surface area contributed by atoms with Crippen LogP contribution in [-0.4, -0.2) is 32.9 Å². The number of nitrogens with zero attached hydrogens (tertiary/aromatic N) is 4. The predicted molar refractivity (Wildman–Crippen MR) is 62.7 cm³/mol. The summed E-state index contributed by atoms with van der Waals surface area (Å²) in [4.78, 5) is 13.7. The third-order valence-electron chi connectivity index (χ3n) is 1.53. The van der Waals surface area contributed by atoms with E-state index in [1.807, 2.05) is 0 Å². The molecular weight excluding hydrogens is 260 g/mol. The Kier molecular flexibility index (Phi) is 4.45. The third kappa shape index (κ3) is 4.67. The van der Waals surface area contributed by atoms with Crippen molar-refractivity contribution in [3.8, 4) is 0 Å². The van der Waals surface area contributed by atoms with Crippen LogP contribution in [0.4, 0.5) is 11.9 Å². The first-order chi connectivity index (χ1) is 8.39. The summed E-state index contributed by atoms with van der Waals surface area (Å²) in [7, 11) is -4.20. The van der Waals surface area contributed by atoms with E-state index < -0.39 is 10.1 Å². The monoisotopic (exact) mass is 270 g/mol. The first kappa shape index (κ1) is 13.7. The molecule has 18 heavy (non-hydrogen) atoms. The Morgan fingerprint density at radius 1 is 0.944 bits per heavy atom. The molecule has 2 aromatic rings. The van der Waals surface area contributed by atoms with Crippen LogP contribution in [0.25, 0.3) is 0 Å². The number of nitrogen functional groups attached to an aromatic ring is 2. The zero-order chi connectivity index (χ0) is 13.6. The highest BCUT2D eigenvalue weighted by molar-refractivity contribution is 7.85. The van der Waals surface area contributed by atoms with Crippen LogP contribution in [0.1, 0.15) is 0 Å². The van der Waals surface area contributed by atoms with E-state index in [1.165, 1.54) is 0 Å². The molecule has 0 unspecified atom stereocenters. The fraction of sp³-hybridized carbons (Fsp3) is 0. The standard InChI is InChI=1S/C4H5N3O3S.C4H5N3/c5-4-6-1-3(2-7-4)11(8,9)10;5-4-6-2-1-3-7-4/h1-2H,(H2,5,6,7)(H,8,9,10);1-3H,(H2,5,6,7). The van der Waals surface area contributed by atoms with Gasteiger partial charge in [-0.3, -0.25) is 4.55 Å². The summed E-state index contributed by atoms with van der Waals surface area (Å²) >= 11 is 0. The molecule has 5 N–H and O–H groups in total. The van der Waals surface area contributed by atoms with Gasteiger partial charge in [0.2, 0.25) is 11.9 Å². The Hall–Kier alpha value is -2.33. The predicted octanol–water partition coefficient (Wildman–Crippen LogP) is -0.636. The van der Waals surface area contributed by atoms with Crippen LogP contribution in [0.5, 0.6) is 0 Å². The van der Waals surface area contributed by atoms with E-state index in [-0.39, 0.29) is 10.8 Å². The van der Waals surface area contributed by atoms with Gasteiger partial charge in [-0.05, 0) is 6.07 Å². The van der Waals surface area contributed by atoms with E-state index in [0.29, 0.717) is 5.95 Å². The molecule has 0 radical (unpaired) electrons. The van der Waals surface area contributed by atoms with E-state index in [1.54, 1.807) is 18.5 Å². The molecule has 0 aliphatic heterocycles. The Labute approximate surface area is 103 Å². The summed E-state index contributed by atoms with van der Waals surface area (Å²) in [6.45, 7) is 0. The van der Waals surface area contributed by atoms with Gasteiger partial charge < -0.3 is 11.5 Å². The summed E-state index contributed by atoms with van der Waals surface area (Å²) in [5.41, 5.74) is 10.2. The minimum atomic E-state index is -4.20. The molecule has 2 aromatic heterocycles. The van der Waals surface area contributed by atoms with E-state index in [2.05, 4.69) is 19.9 Å². The van der Waals surface area contributed by atoms with Crippen LogP contribution >= 0.6 is 0 Å². The van der Waals surface area contributed by atoms with Gasteiger partial charge in [-0.25, -0.2) is 19.9 Å². The SMILES string of the molecule is Nc1ncc(S(=O)(=O)O)cn1.Nc1ncccn1. The molecule has 10 heteroatoms. The van der Waals surface area contributed by atoms with Crippen molar-refractivity contribution in [3.05, 3.63) is 30.9 Å². The van der Waals surface area contributed by atoms with Crippen LogP contribution < -0.4 is 11.5 Å². The highest BCUT2D eigenvalue weighted by Gasteiger charge is 2.09. The average molecular weight is 270 g/mol. The Morgan fingerprint density at radius 2 is 1.39 bits per heavy atom. The molecule has 0 aromatic carbocycles. The van der Waals surface area contributed by atoms with Crippen LogP contribution in [0.2, 0.25) is 0 Å². The zero-order valence-electron chi connectivity index (χ0n) is 9.00. The van der Waals surface area contributed by atoms with E-state index >= 15 is 0 Å². The molecule has 0 aliphatic rings. The summed E-state index contributed by atoms with van der Waals surface area (Å²) in [6.07, 6.45) is 5.06. The van der Waals surface area contributed by atoms with Crippen molar-refractivity contribution in [3.63, 3.8) is 0 Å². The lowest BCUT2D eigenvalue weighted by Gasteiger charge is -1.93. The molecule has 0 atom stereocenters. The van der Waals surface area contributed by atoms with Gasteiger partial charge in [0.1, 0.15) is 4.90 Å². The van der Waals surface area contributed by atoms with Crippen molar-refractivity contribution in [1.29, 1.82) is 0 Å². The minimum absolute atomic E-state index is 0.0441. The second-order valence-electron chi connectivity index (χ2n) is 2.86. The summed E-state index contributed by atoms with van der Waals surface area (Å²) in [6, 6.07) is 1.72. The number of rotatable bonds is 1.